The van der Waals surface area contributed by atoms with E-state index in [2.05, 4.69) is 193 Å². The molecule has 2 heteroatoms. The van der Waals surface area contributed by atoms with Crippen molar-refractivity contribution < 1.29 is 4.42 Å². The second-order valence-corrected chi connectivity index (χ2v) is 12.2. The van der Waals surface area contributed by atoms with Gasteiger partial charge < -0.3 is 9.32 Å². The number of benzene rings is 8. The summed E-state index contributed by atoms with van der Waals surface area (Å²) in [5.74, 6) is 0. The highest BCUT2D eigenvalue weighted by molar-refractivity contribution is 6.14. The van der Waals surface area contributed by atoms with Crippen LogP contribution in [0.3, 0.4) is 0 Å². The Bertz CT molecular complexity index is 2440. The summed E-state index contributed by atoms with van der Waals surface area (Å²) >= 11 is 0. The number of anilines is 3. The van der Waals surface area contributed by atoms with Crippen molar-refractivity contribution in [3.8, 4) is 33.4 Å². The Balaban J connectivity index is 1.20. The van der Waals surface area contributed by atoms with E-state index in [-0.39, 0.29) is 0 Å². The topological polar surface area (TPSA) is 16.4 Å². The van der Waals surface area contributed by atoms with Gasteiger partial charge in [0.05, 0.1) is 11.1 Å². The van der Waals surface area contributed by atoms with E-state index >= 15 is 0 Å². The highest BCUT2D eigenvalue weighted by Gasteiger charge is 2.20. The molecule has 8 aromatic carbocycles. The van der Waals surface area contributed by atoms with Crippen LogP contribution in [0.1, 0.15) is 0 Å². The van der Waals surface area contributed by atoms with Gasteiger partial charge in [0.2, 0.25) is 0 Å². The van der Waals surface area contributed by atoms with Gasteiger partial charge in [-0.05, 0) is 92.7 Å². The molecule has 9 aromatic rings. The fourth-order valence-electron chi connectivity index (χ4n) is 6.93. The third-order valence-electron chi connectivity index (χ3n) is 9.28. The summed E-state index contributed by atoms with van der Waals surface area (Å²) in [5, 5.41) is 4.65. The molecular weight excluding hydrogens is 583 g/mol. The molecule has 0 unspecified atom stereocenters. The van der Waals surface area contributed by atoms with Crippen LogP contribution in [0, 0.1) is 0 Å². The maximum atomic E-state index is 6.62. The number of furan rings is 1. The fraction of sp³-hybridized carbons (Fsp3) is 0. The van der Waals surface area contributed by atoms with E-state index in [1.165, 1.54) is 38.6 Å². The molecule has 0 bridgehead atoms. The second-order valence-electron chi connectivity index (χ2n) is 12.2. The molecule has 0 aliphatic carbocycles. The molecule has 0 spiro atoms. The van der Waals surface area contributed by atoms with Gasteiger partial charge in [-0.15, -0.1) is 0 Å². The lowest BCUT2D eigenvalue weighted by atomic mass is 9.97. The van der Waals surface area contributed by atoms with E-state index in [1.807, 2.05) is 0 Å². The van der Waals surface area contributed by atoms with E-state index in [1.54, 1.807) is 0 Å². The van der Waals surface area contributed by atoms with Gasteiger partial charge in [-0.3, -0.25) is 0 Å². The first-order chi connectivity index (χ1) is 23.8. The van der Waals surface area contributed by atoms with Crippen molar-refractivity contribution >= 4 is 49.8 Å². The average Bonchev–Trinajstić information content (AvgIpc) is 3.55. The van der Waals surface area contributed by atoms with Crippen LogP contribution in [-0.4, -0.2) is 0 Å². The highest BCUT2D eigenvalue weighted by Crippen LogP contribution is 2.44. The molecule has 0 saturated carbocycles. The zero-order chi connectivity index (χ0) is 31.9. The third kappa shape index (κ3) is 4.92. The van der Waals surface area contributed by atoms with Crippen LogP contribution in [-0.2, 0) is 0 Å². The van der Waals surface area contributed by atoms with Crippen LogP contribution < -0.4 is 4.90 Å². The van der Waals surface area contributed by atoms with Gasteiger partial charge >= 0.3 is 0 Å². The lowest BCUT2D eigenvalue weighted by Crippen LogP contribution is -2.10. The van der Waals surface area contributed by atoms with Crippen molar-refractivity contribution in [1.82, 2.24) is 0 Å². The summed E-state index contributed by atoms with van der Waals surface area (Å²) in [6.45, 7) is 0. The summed E-state index contributed by atoms with van der Waals surface area (Å²) in [4.78, 5) is 2.35. The van der Waals surface area contributed by atoms with Crippen LogP contribution in [0.2, 0.25) is 0 Å². The zero-order valence-corrected chi connectivity index (χ0v) is 26.3. The number of hydrogen-bond acceptors (Lipinski definition) is 2. The Morgan fingerprint density at radius 2 is 0.896 bits per heavy atom. The Morgan fingerprint density at radius 1 is 0.354 bits per heavy atom. The van der Waals surface area contributed by atoms with Gasteiger partial charge in [0.1, 0.15) is 11.2 Å². The molecule has 226 valence electrons. The summed E-state index contributed by atoms with van der Waals surface area (Å²) in [5.41, 5.74) is 12.1. The fourth-order valence-corrected chi connectivity index (χ4v) is 6.93. The summed E-state index contributed by atoms with van der Waals surface area (Å²) < 4.78 is 6.62. The lowest BCUT2D eigenvalue weighted by Gasteiger charge is -2.26. The minimum absolute atomic E-state index is 0.865. The Hall–Kier alpha value is -6.38. The summed E-state index contributed by atoms with van der Waals surface area (Å²) in [6, 6.07) is 66.8. The van der Waals surface area contributed by atoms with Crippen LogP contribution in [0.25, 0.3) is 66.1 Å². The largest absolute Gasteiger partial charge is 0.456 e. The summed E-state index contributed by atoms with van der Waals surface area (Å²) in [6.07, 6.45) is 0. The number of rotatable bonds is 6. The SMILES string of the molecule is c1ccc(-c2ccc(N(c3ccc(-c4ccccc4)cc3)c3cccc4oc5cc(-c6cccc7ccccc67)ccc5c34)cc2)cc1. The quantitative estimate of drug-likeness (QED) is 0.185. The van der Waals surface area contributed by atoms with Gasteiger partial charge in [-0.25, -0.2) is 0 Å². The van der Waals surface area contributed by atoms with E-state index in [0.717, 1.165) is 44.6 Å². The zero-order valence-electron chi connectivity index (χ0n) is 26.3. The lowest BCUT2D eigenvalue weighted by molar-refractivity contribution is 0.669. The molecule has 0 amide bonds. The van der Waals surface area contributed by atoms with E-state index in [0.29, 0.717) is 0 Å². The van der Waals surface area contributed by atoms with Crippen molar-refractivity contribution in [2.45, 2.75) is 0 Å². The monoisotopic (exact) mass is 613 g/mol. The van der Waals surface area contributed by atoms with Gasteiger partial charge in [0, 0.05) is 16.8 Å². The molecule has 1 aromatic heterocycles. The molecule has 2 nitrogen and oxygen atoms in total. The first-order valence-corrected chi connectivity index (χ1v) is 16.3. The smallest absolute Gasteiger partial charge is 0.137 e. The highest BCUT2D eigenvalue weighted by atomic mass is 16.3. The molecule has 0 N–H and O–H groups in total. The first kappa shape index (κ1) is 27.9. The van der Waals surface area contributed by atoms with E-state index in [4.69, 9.17) is 4.42 Å². The number of nitrogens with zero attached hydrogens (tertiary/aromatic N) is 1. The van der Waals surface area contributed by atoms with Crippen LogP contribution in [0.5, 0.6) is 0 Å². The van der Waals surface area contributed by atoms with Crippen molar-refractivity contribution in [3.63, 3.8) is 0 Å². The average molecular weight is 614 g/mol. The van der Waals surface area contributed by atoms with Crippen molar-refractivity contribution in [1.29, 1.82) is 0 Å². The first-order valence-electron chi connectivity index (χ1n) is 16.3. The van der Waals surface area contributed by atoms with Crippen LogP contribution in [0.15, 0.2) is 192 Å². The normalized spacial score (nSPS) is 11.3. The molecule has 48 heavy (non-hydrogen) atoms. The number of fused-ring (bicyclic) bond motifs is 4. The molecule has 1 heterocycles. The minimum Gasteiger partial charge on any atom is -0.456 e. The predicted octanol–water partition coefficient (Wildman–Crippen LogP) is 13.2. The van der Waals surface area contributed by atoms with Crippen LogP contribution in [0.4, 0.5) is 17.1 Å². The molecule has 0 atom stereocenters. The molecule has 0 aliphatic rings. The standard InChI is InChI=1S/C46H31NO/c1-3-11-32(12-4-1)34-21-26-38(27-22-34)47(39-28-23-35(24-29-39)33-13-5-2-6-14-33)43-19-10-20-44-46(43)42-30-25-37(31-45(42)48-44)41-18-9-16-36-15-7-8-17-40(36)41/h1-31H. The molecule has 0 saturated heterocycles. The molecule has 0 aliphatic heterocycles. The van der Waals surface area contributed by atoms with Gasteiger partial charge in [0.25, 0.3) is 0 Å². The molecule has 0 fully saturated rings. The van der Waals surface area contributed by atoms with Crippen molar-refractivity contribution in [2.24, 2.45) is 0 Å². The Kier molecular flexibility index (Phi) is 6.84. The predicted molar refractivity (Wildman–Crippen MR) is 202 cm³/mol. The second kappa shape index (κ2) is 11.8. The Morgan fingerprint density at radius 3 is 1.56 bits per heavy atom. The minimum atomic E-state index is 0.865. The van der Waals surface area contributed by atoms with Crippen molar-refractivity contribution in [2.75, 3.05) is 4.90 Å². The van der Waals surface area contributed by atoms with Gasteiger partial charge in [0.15, 0.2) is 0 Å². The molecule has 0 radical (unpaired) electrons. The third-order valence-corrected chi connectivity index (χ3v) is 9.28. The van der Waals surface area contributed by atoms with Crippen molar-refractivity contribution in [3.05, 3.63) is 188 Å². The maximum absolute atomic E-state index is 6.62. The maximum Gasteiger partial charge on any atom is 0.137 e. The van der Waals surface area contributed by atoms with Crippen LogP contribution >= 0.6 is 0 Å². The summed E-state index contributed by atoms with van der Waals surface area (Å²) in [7, 11) is 0. The van der Waals surface area contributed by atoms with Gasteiger partial charge in [-0.1, -0.05) is 140 Å². The van der Waals surface area contributed by atoms with Gasteiger partial charge in [-0.2, -0.15) is 0 Å². The van der Waals surface area contributed by atoms with E-state index in [9.17, 15) is 0 Å². The molecular formula is C46H31NO. The number of hydrogen-bond donors (Lipinski definition) is 0. The Labute approximate surface area is 279 Å². The van der Waals surface area contributed by atoms with E-state index < -0.39 is 0 Å². The molecule has 9 rings (SSSR count).